The molecule has 3 rings (SSSR count). The number of rotatable bonds is 1. The van der Waals surface area contributed by atoms with Crippen LogP contribution in [0.15, 0.2) is 63.9 Å². The third-order valence-electron chi connectivity index (χ3n) is 4.55. The molecule has 1 aliphatic carbocycles. The molecule has 0 saturated heterocycles. The van der Waals surface area contributed by atoms with Gasteiger partial charge in [0.05, 0.1) is 16.8 Å². The van der Waals surface area contributed by atoms with Crippen LogP contribution in [0.5, 0.6) is 0 Å². The molecule has 1 aliphatic heterocycles. The summed E-state index contributed by atoms with van der Waals surface area (Å²) in [5, 5.41) is 0.635. The monoisotopic (exact) mass is 297 g/mol. The summed E-state index contributed by atoms with van der Waals surface area (Å²) in [6.07, 6.45) is 9.40. The highest BCUT2D eigenvalue weighted by atomic mass is 32.2. The molecule has 0 amide bonds. The first-order chi connectivity index (χ1) is 9.88. The summed E-state index contributed by atoms with van der Waals surface area (Å²) in [6.45, 7) is 11.4. The highest BCUT2D eigenvalue weighted by Gasteiger charge is 2.45. The molecule has 0 aromatic heterocycles. The fourth-order valence-corrected chi connectivity index (χ4v) is 5.92. The predicted molar refractivity (Wildman–Crippen MR) is 94.7 cm³/mol. The van der Waals surface area contributed by atoms with Crippen LogP contribution in [0.1, 0.15) is 40.2 Å². The Labute approximate surface area is 132 Å². The summed E-state index contributed by atoms with van der Waals surface area (Å²) in [7, 11) is 0.226. The lowest BCUT2D eigenvalue weighted by molar-refractivity contribution is 0.589. The highest BCUT2D eigenvalue weighted by Crippen LogP contribution is 2.43. The lowest BCUT2D eigenvalue weighted by atomic mass is 9.87. The second kappa shape index (κ2) is 5.21. The highest BCUT2D eigenvalue weighted by molar-refractivity contribution is 8.01. The summed E-state index contributed by atoms with van der Waals surface area (Å²) in [5.74, 6) is 0.612. The topological polar surface area (TPSA) is 0 Å². The van der Waals surface area contributed by atoms with Crippen molar-refractivity contribution >= 4 is 10.9 Å². The van der Waals surface area contributed by atoms with Crippen LogP contribution in [-0.2, 0) is 16.3 Å². The van der Waals surface area contributed by atoms with E-state index in [1.165, 1.54) is 16.0 Å². The molecule has 1 heterocycles. The Balaban J connectivity index is 1.93. The molecule has 0 saturated carbocycles. The average Bonchev–Trinajstić information content (AvgIpc) is 2.76. The normalized spacial score (nSPS) is 28.1. The van der Waals surface area contributed by atoms with E-state index in [1.807, 2.05) is 0 Å². The van der Waals surface area contributed by atoms with Gasteiger partial charge in [-0.1, -0.05) is 50.6 Å². The summed E-state index contributed by atoms with van der Waals surface area (Å²) in [5.41, 5.74) is 3.15. The van der Waals surface area contributed by atoms with E-state index in [0.29, 0.717) is 11.2 Å². The van der Waals surface area contributed by atoms with E-state index in [1.54, 1.807) is 4.91 Å². The molecule has 0 nitrogen and oxygen atoms in total. The Morgan fingerprint density at radius 1 is 1.00 bits per heavy atom. The van der Waals surface area contributed by atoms with E-state index < -0.39 is 0 Å². The van der Waals surface area contributed by atoms with Crippen molar-refractivity contribution in [2.75, 3.05) is 0 Å². The van der Waals surface area contributed by atoms with Crippen LogP contribution in [0, 0.1) is 5.92 Å². The third kappa shape index (κ3) is 2.64. The van der Waals surface area contributed by atoms with Crippen molar-refractivity contribution in [3.63, 3.8) is 0 Å². The van der Waals surface area contributed by atoms with Crippen molar-refractivity contribution in [2.24, 2.45) is 5.92 Å². The lowest BCUT2D eigenvalue weighted by Gasteiger charge is -2.21. The maximum absolute atomic E-state index is 2.49. The minimum atomic E-state index is 0.226. The second-order valence-corrected chi connectivity index (χ2v) is 9.51. The van der Waals surface area contributed by atoms with Crippen molar-refractivity contribution in [2.45, 2.75) is 50.2 Å². The van der Waals surface area contributed by atoms with Crippen LogP contribution >= 0.6 is 0 Å². The van der Waals surface area contributed by atoms with Gasteiger partial charge >= 0.3 is 0 Å². The Morgan fingerprint density at radius 2 is 1.67 bits per heavy atom. The first-order valence-electron chi connectivity index (χ1n) is 7.75. The Kier molecular flexibility index (Phi) is 3.65. The number of hydrogen-bond acceptors (Lipinski definition) is 0. The molecule has 1 aromatic rings. The summed E-state index contributed by atoms with van der Waals surface area (Å²) >= 11 is 0. The van der Waals surface area contributed by atoms with Crippen molar-refractivity contribution in [1.29, 1.82) is 0 Å². The Hall–Kier alpha value is -1.21. The number of hydrogen-bond donors (Lipinski definition) is 0. The average molecular weight is 297 g/mol. The second-order valence-electron chi connectivity index (χ2n) is 7.18. The fourth-order valence-electron chi connectivity index (χ4n) is 3.24. The van der Waals surface area contributed by atoms with E-state index in [2.05, 4.69) is 83.2 Å². The number of allylic oxidation sites excluding steroid dienone is 5. The quantitative estimate of drug-likeness (QED) is 0.610. The van der Waals surface area contributed by atoms with Gasteiger partial charge in [0.15, 0.2) is 10.1 Å². The first-order valence-corrected chi connectivity index (χ1v) is 9.04. The number of fused-ring (bicyclic) bond motifs is 1. The molecule has 110 valence electrons. The molecule has 2 aliphatic rings. The zero-order valence-electron chi connectivity index (χ0n) is 13.7. The Morgan fingerprint density at radius 3 is 2.29 bits per heavy atom. The zero-order chi connectivity index (χ0) is 15.2. The molecule has 0 spiro atoms. The van der Waals surface area contributed by atoms with Crippen LogP contribution in [0.2, 0.25) is 0 Å². The molecule has 3 unspecified atom stereocenters. The van der Waals surface area contributed by atoms with Crippen LogP contribution < -0.4 is 0 Å². The third-order valence-corrected chi connectivity index (χ3v) is 7.15. The van der Waals surface area contributed by atoms with Gasteiger partial charge in [-0.25, -0.2) is 0 Å². The summed E-state index contributed by atoms with van der Waals surface area (Å²) < 4.78 is 0. The minimum Gasteiger partial charge on any atom is -0.0627 e. The van der Waals surface area contributed by atoms with Gasteiger partial charge in [0.1, 0.15) is 4.91 Å². The van der Waals surface area contributed by atoms with Gasteiger partial charge in [-0.3, -0.25) is 0 Å². The van der Waals surface area contributed by atoms with Gasteiger partial charge in [0, 0.05) is 6.92 Å². The standard InChI is InChI=1S/C20H25S/c1-14-7-6-8-19-18(14)13-15(2)21(19)17-11-9-16(10-12-17)20(3,4)5/h6-13,18-19H,1-5H3/q+1. The van der Waals surface area contributed by atoms with E-state index in [4.69, 9.17) is 0 Å². The van der Waals surface area contributed by atoms with Crippen LogP contribution in [-0.4, -0.2) is 5.25 Å². The van der Waals surface area contributed by atoms with Crippen molar-refractivity contribution < 1.29 is 0 Å². The van der Waals surface area contributed by atoms with Gasteiger partial charge < -0.3 is 0 Å². The Bertz CT molecular complexity index is 623. The van der Waals surface area contributed by atoms with Crippen LogP contribution in [0.4, 0.5) is 0 Å². The van der Waals surface area contributed by atoms with E-state index in [9.17, 15) is 0 Å². The van der Waals surface area contributed by atoms with Gasteiger partial charge in [-0.15, -0.1) is 0 Å². The van der Waals surface area contributed by atoms with E-state index >= 15 is 0 Å². The molecule has 3 atom stereocenters. The molecule has 21 heavy (non-hydrogen) atoms. The maximum atomic E-state index is 2.49. The first kappa shape index (κ1) is 14.7. The molecule has 1 heteroatoms. The van der Waals surface area contributed by atoms with Crippen LogP contribution in [0.3, 0.4) is 0 Å². The van der Waals surface area contributed by atoms with Crippen molar-refractivity contribution in [3.8, 4) is 0 Å². The van der Waals surface area contributed by atoms with E-state index in [-0.39, 0.29) is 16.3 Å². The smallest absolute Gasteiger partial charge is 0.0627 e. The fraction of sp³-hybridized carbons (Fsp3) is 0.400. The summed E-state index contributed by atoms with van der Waals surface area (Å²) in [6, 6.07) is 9.34. The molecular weight excluding hydrogens is 272 g/mol. The maximum Gasteiger partial charge on any atom is 0.161 e. The van der Waals surface area contributed by atoms with E-state index in [0.717, 1.165) is 0 Å². The molecule has 1 aromatic carbocycles. The summed E-state index contributed by atoms with van der Waals surface area (Å²) in [4.78, 5) is 3.04. The van der Waals surface area contributed by atoms with Crippen molar-refractivity contribution in [3.05, 3.63) is 64.6 Å². The van der Waals surface area contributed by atoms with Crippen LogP contribution in [0.25, 0.3) is 0 Å². The SMILES string of the molecule is CC1=CC=CC2C1C=C(C)[S+]2c1ccc(C(C)(C)C)cc1. The largest absolute Gasteiger partial charge is 0.161 e. The molecule has 0 bridgehead atoms. The lowest BCUT2D eigenvalue weighted by Crippen LogP contribution is -2.24. The molecule has 0 fully saturated rings. The minimum absolute atomic E-state index is 0.226. The number of benzene rings is 1. The van der Waals surface area contributed by atoms with Crippen molar-refractivity contribution in [1.82, 2.24) is 0 Å². The predicted octanol–water partition coefficient (Wildman–Crippen LogP) is 5.38. The zero-order valence-corrected chi connectivity index (χ0v) is 14.5. The van der Waals surface area contributed by atoms with Gasteiger partial charge in [-0.05, 0) is 42.2 Å². The van der Waals surface area contributed by atoms with Gasteiger partial charge in [0.2, 0.25) is 0 Å². The molecule has 0 radical (unpaired) electrons. The molecular formula is C20H25S+. The molecule has 0 N–H and O–H groups in total. The van der Waals surface area contributed by atoms with Gasteiger partial charge in [-0.2, -0.15) is 0 Å². The van der Waals surface area contributed by atoms with Gasteiger partial charge in [0.25, 0.3) is 0 Å².